The first-order chi connectivity index (χ1) is 12.8. The maximum absolute atomic E-state index is 12.8. The van der Waals surface area contributed by atoms with Gasteiger partial charge in [0.15, 0.2) is 0 Å². The number of hydrogen-bond donors (Lipinski definition) is 1. The van der Waals surface area contributed by atoms with E-state index in [1.54, 1.807) is 4.31 Å². The molecule has 0 radical (unpaired) electrons. The number of rotatable bonds is 5. The highest BCUT2D eigenvalue weighted by Gasteiger charge is 2.28. The van der Waals surface area contributed by atoms with Gasteiger partial charge in [0.2, 0.25) is 10.0 Å². The predicted molar refractivity (Wildman–Crippen MR) is 107 cm³/mol. The van der Waals surface area contributed by atoms with Gasteiger partial charge >= 0.3 is 0 Å². The Morgan fingerprint density at radius 1 is 1.22 bits per heavy atom. The number of benzene rings is 1. The van der Waals surface area contributed by atoms with E-state index in [0.29, 0.717) is 43.6 Å². The SMILES string of the molecule is CCCS(=O)(=O)N1CCC(NC(=O)c2cc3cc(C)ccc3nc2C)CC1. The van der Waals surface area contributed by atoms with Crippen molar-refractivity contribution in [2.75, 3.05) is 18.8 Å². The lowest BCUT2D eigenvalue weighted by atomic mass is 10.0. The lowest BCUT2D eigenvalue weighted by Crippen LogP contribution is -2.47. The Morgan fingerprint density at radius 2 is 1.93 bits per heavy atom. The van der Waals surface area contributed by atoms with Crippen LogP contribution in [0.2, 0.25) is 0 Å². The fourth-order valence-corrected chi connectivity index (χ4v) is 5.09. The lowest BCUT2D eigenvalue weighted by molar-refractivity contribution is 0.0923. The molecule has 0 bridgehead atoms. The van der Waals surface area contributed by atoms with Gasteiger partial charge in [-0.05, 0) is 51.3 Å². The molecule has 6 nitrogen and oxygen atoms in total. The molecular formula is C20H27N3O3S. The van der Waals surface area contributed by atoms with Crippen molar-refractivity contribution in [1.29, 1.82) is 0 Å². The van der Waals surface area contributed by atoms with Crippen molar-refractivity contribution in [2.45, 2.75) is 46.1 Å². The first kappa shape index (κ1) is 19.8. The fourth-order valence-electron chi connectivity index (χ4n) is 3.55. The molecule has 3 rings (SSSR count). The maximum atomic E-state index is 12.8. The van der Waals surface area contributed by atoms with Crippen LogP contribution >= 0.6 is 0 Å². The van der Waals surface area contributed by atoms with E-state index in [4.69, 9.17) is 0 Å². The van der Waals surface area contributed by atoms with Crippen LogP contribution in [0.5, 0.6) is 0 Å². The summed E-state index contributed by atoms with van der Waals surface area (Å²) in [6.45, 7) is 6.64. The van der Waals surface area contributed by atoms with E-state index in [-0.39, 0.29) is 17.7 Å². The fraction of sp³-hybridized carbons (Fsp3) is 0.500. The van der Waals surface area contributed by atoms with E-state index >= 15 is 0 Å². The third-order valence-electron chi connectivity index (χ3n) is 5.05. The Bertz CT molecular complexity index is 948. The van der Waals surface area contributed by atoms with Crippen molar-refractivity contribution in [1.82, 2.24) is 14.6 Å². The van der Waals surface area contributed by atoms with Gasteiger partial charge < -0.3 is 5.32 Å². The molecule has 1 aromatic carbocycles. The zero-order valence-electron chi connectivity index (χ0n) is 16.2. The van der Waals surface area contributed by atoms with Gasteiger partial charge in [0, 0.05) is 24.5 Å². The number of fused-ring (bicyclic) bond motifs is 1. The molecule has 27 heavy (non-hydrogen) atoms. The second-order valence-corrected chi connectivity index (χ2v) is 9.37. The number of carbonyl (C=O) groups is 1. The van der Waals surface area contributed by atoms with E-state index in [0.717, 1.165) is 16.5 Å². The molecule has 1 saturated heterocycles. The molecule has 0 saturated carbocycles. The molecule has 1 N–H and O–H groups in total. The monoisotopic (exact) mass is 389 g/mol. The quantitative estimate of drug-likeness (QED) is 0.853. The van der Waals surface area contributed by atoms with Crippen molar-refractivity contribution in [3.8, 4) is 0 Å². The molecule has 2 heterocycles. The van der Waals surface area contributed by atoms with E-state index in [2.05, 4.69) is 10.3 Å². The minimum Gasteiger partial charge on any atom is -0.349 e. The highest BCUT2D eigenvalue weighted by Crippen LogP contribution is 2.20. The van der Waals surface area contributed by atoms with Gasteiger partial charge in [-0.2, -0.15) is 0 Å². The molecule has 1 aliphatic rings. The standard InChI is InChI=1S/C20H27N3O3S/c1-4-11-27(25,26)23-9-7-17(8-10-23)22-20(24)18-13-16-12-14(2)5-6-19(16)21-15(18)3/h5-6,12-13,17H,4,7-11H2,1-3H3,(H,22,24). The van der Waals surface area contributed by atoms with Crippen molar-refractivity contribution in [3.05, 3.63) is 41.1 Å². The van der Waals surface area contributed by atoms with E-state index in [1.165, 1.54) is 0 Å². The Labute approximate surface area is 161 Å². The van der Waals surface area contributed by atoms with Gasteiger partial charge in [0.05, 0.1) is 22.5 Å². The number of nitrogens with zero attached hydrogens (tertiary/aromatic N) is 2. The first-order valence-corrected chi connectivity index (χ1v) is 11.1. The summed E-state index contributed by atoms with van der Waals surface area (Å²) in [6, 6.07) is 7.87. The predicted octanol–water partition coefficient (Wildman–Crippen LogP) is 2.79. The van der Waals surface area contributed by atoms with Crippen LogP contribution in [0, 0.1) is 13.8 Å². The Balaban J connectivity index is 1.68. The Kier molecular flexibility index (Phi) is 5.81. The van der Waals surface area contributed by atoms with E-state index < -0.39 is 10.0 Å². The zero-order chi connectivity index (χ0) is 19.6. The number of nitrogens with one attached hydrogen (secondary N) is 1. The summed E-state index contributed by atoms with van der Waals surface area (Å²) in [5.74, 6) is 0.0454. The maximum Gasteiger partial charge on any atom is 0.253 e. The number of piperidine rings is 1. The van der Waals surface area contributed by atoms with Crippen LogP contribution in [0.15, 0.2) is 24.3 Å². The van der Waals surface area contributed by atoms with Crippen molar-refractivity contribution in [2.24, 2.45) is 0 Å². The summed E-state index contributed by atoms with van der Waals surface area (Å²) in [5, 5.41) is 4.01. The molecule has 2 aromatic rings. The van der Waals surface area contributed by atoms with Crippen LogP contribution in [0.25, 0.3) is 10.9 Å². The second kappa shape index (κ2) is 7.94. The number of amides is 1. The highest BCUT2D eigenvalue weighted by atomic mass is 32.2. The molecule has 0 unspecified atom stereocenters. The van der Waals surface area contributed by atoms with E-state index in [9.17, 15) is 13.2 Å². The number of carbonyl (C=O) groups excluding carboxylic acids is 1. The Morgan fingerprint density at radius 3 is 2.59 bits per heavy atom. The number of aryl methyl sites for hydroxylation is 2. The first-order valence-electron chi connectivity index (χ1n) is 9.47. The van der Waals surface area contributed by atoms with Crippen LogP contribution in [-0.4, -0.2) is 48.5 Å². The molecule has 1 fully saturated rings. The molecule has 0 spiro atoms. The van der Waals surface area contributed by atoms with Gasteiger partial charge in [0.25, 0.3) is 5.91 Å². The summed E-state index contributed by atoms with van der Waals surface area (Å²) < 4.78 is 25.9. The third kappa shape index (κ3) is 4.47. The summed E-state index contributed by atoms with van der Waals surface area (Å²) in [6.07, 6.45) is 1.88. The normalized spacial score (nSPS) is 16.6. The molecule has 0 atom stereocenters. The van der Waals surface area contributed by atoms with Crippen LogP contribution < -0.4 is 5.32 Å². The number of sulfonamides is 1. The molecule has 0 aliphatic carbocycles. The van der Waals surface area contributed by atoms with Gasteiger partial charge in [0.1, 0.15) is 0 Å². The van der Waals surface area contributed by atoms with Crippen LogP contribution in [0.4, 0.5) is 0 Å². The molecule has 7 heteroatoms. The largest absolute Gasteiger partial charge is 0.349 e. The van der Waals surface area contributed by atoms with Gasteiger partial charge in [-0.1, -0.05) is 18.6 Å². The minimum atomic E-state index is -3.16. The lowest BCUT2D eigenvalue weighted by Gasteiger charge is -2.31. The van der Waals surface area contributed by atoms with Gasteiger partial charge in [-0.25, -0.2) is 12.7 Å². The van der Waals surface area contributed by atoms with Gasteiger partial charge in [-0.3, -0.25) is 9.78 Å². The summed E-state index contributed by atoms with van der Waals surface area (Å²) in [5.41, 5.74) is 3.28. The number of aromatic nitrogens is 1. The zero-order valence-corrected chi connectivity index (χ0v) is 17.0. The summed E-state index contributed by atoms with van der Waals surface area (Å²) in [7, 11) is -3.16. The van der Waals surface area contributed by atoms with Gasteiger partial charge in [-0.15, -0.1) is 0 Å². The molecule has 1 aromatic heterocycles. The average molecular weight is 390 g/mol. The minimum absolute atomic E-state index is 0.0156. The summed E-state index contributed by atoms with van der Waals surface area (Å²) >= 11 is 0. The Hall–Kier alpha value is -1.99. The number of hydrogen-bond acceptors (Lipinski definition) is 4. The molecule has 146 valence electrons. The topological polar surface area (TPSA) is 79.4 Å². The third-order valence-corrected chi connectivity index (χ3v) is 7.13. The van der Waals surface area contributed by atoms with Crippen molar-refractivity contribution in [3.63, 3.8) is 0 Å². The molecule has 1 amide bonds. The number of pyridine rings is 1. The molecular weight excluding hydrogens is 362 g/mol. The second-order valence-electron chi connectivity index (χ2n) is 7.28. The van der Waals surface area contributed by atoms with E-state index in [1.807, 2.05) is 45.0 Å². The van der Waals surface area contributed by atoms with Crippen LogP contribution in [-0.2, 0) is 10.0 Å². The molecule has 1 aliphatic heterocycles. The van der Waals surface area contributed by atoms with Crippen LogP contribution in [0.3, 0.4) is 0 Å². The van der Waals surface area contributed by atoms with Crippen molar-refractivity contribution >= 4 is 26.8 Å². The van der Waals surface area contributed by atoms with Crippen molar-refractivity contribution < 1.29 is 13.2 Å². The summed E-state index contributed by atoms with van der Waals surface area (Å²) in [4.78, 5) is 17.3. The smallest absolute Gasteiger partial charge is 0.253 e. The van der Waals surface area contributed by atoms with Crippen LogP contribution in [0.1, 0.15) is 47.8 Å². The highest BCUT2D eigenvalue weighted by molar-refractivity contribution is 7.89. The average Bonchev–Trinajstić information content (AvgIpc) is 2.62.